The zero-order chi connectivity index (χ0) is 22.3. The van der Waals surface area contributed by atoms with Crippen LogP contribution in [0, 0.1) is 11.7 Å². The molecule has 1 aromatic rings. The largest absolute Gasteiger partial charge is 0.342 e. The SMILES string of the molecule is CC(C)C(=O)N1CCC(N2CCC3(CC2)CN(C(=O)N(C)C)c2ccc(F)cc23)CC1. The van der Waals surface area contributed by atoms with E-state index in [4.69, 9.17) is 0 Å². The highest BCUT2D eigenvalue weighted by Gasteiger charge is 2.47. The van der Waals surface area contributed by atoms with Crippen molar-refractivity contribution >= 4 is 17.6 Å². The topological polar surface area (TPSA) is 47.1 Å². The minimum absolute atomic E-state index is 0.0469. The third-order valence-corrected chi connectivity index (χ3v) is 7.44. The number of benzene rings is 1. The molecule has 170 valence electrons. The fourth-order valence-electron chi connectivity index (χ4n) is 5.61. The number of nitrogens with zero attached hydrogens (tertiary/aromatic N) is 4. The smallest absolute Gasteiger partial charge is 0.323 e. The summed E-state index contributed by atoms with van der Waals surface area (Å²) in [5, 5.41) is 0. The summed E-state index contributed by atoms with van der Waals surface area (Å²) in [4.78, 5) is 33.0. The van der Waals surface area contributed by atoms with Gasteiger partial charge in [-0.3, -0.25) is 9.69 Å². The van der Waals surface area contributed by atoms with E-state index in [1.807, 2.05) is 23.6 Å². The molecule has 2 fully saturated rings. The molecule has 0 bridgehead atoms. The van der Waals surface area contributed by atoms with Gasteiger partial charge in [0.05, 0.1) is 0 Å². The second-order valence-corrected chi connectivity index (χ2v) is 9.95. The zero-order valence-corrected chi connectivity index (χ0v) is 19.2. The highest BCUT2D eigenvalue weighted by molar-refractivity contribution is 5.95. The number of amides is 3. The molecule has 0 saturated carbocycles. The summed E-state index contributed by atoms with van der Waals surface area (Å²) in [6, 6.07) is 5.31. The van der Waals surface area contributed by atoms with Crippen molar-refractivity contribution in [2.45, 2.75) is 51.0 Å². The van der Waals surface area contributed by atoms with E-state index in [1.54, 1.807) is 31.1 Å². The van der Waals surface area contributed by atoms with Gasteiger partial charge in [-0.15, -0.1) is 0 Å². The molecule has 4 rings (SSSR count). The average molecular weight is 431 g/mol. The Bertz CT molecular complexity index is 840. The summed E-state index contributed by atoms with van der Waals surface area (Å²) < 4.78 is 14.2. The molecule has 3 aliphatic heterocycles. The normalized spacial score (nSPS) is 21.6. The van der Waals surface area contributed by atoms with E-state index in [0.29, 0.717) is 12.6 Å². The number of carbonyl (C=O) groups excluding carboxylic acids is 2. The van der Waals surface area contributed by atoms with Crippen LogP contribution >= 0.6 is 0 Å². The van der Waals surface area contributed by atoms with E-state index in [1.165, 1.54) is 6.07 Å². The van der Waals surface area contributed by atoms with Crippen molar-refractivity contribution < 1.29 is 14.0 Å². The van der Waals surface area contributed by atoms with Crippen LogP contribution in [0.4, 0.5) is 14.9 Å². The molecule has 3 amide bonds. The number of hydrogen-bond donors (Lipinski definition) is 0. The summed E-state index contributed by atoms with van der Waals surface area (Å²) in [6.45, 7) is 8.12. The van der Waals surface area contributed by atoms with E-state index in [0.717, 1.165) is 63.1 Å². The Morgan fingerprint density at radius 2 is 1.74 bits per heavy atom. The van der Waals surface area contributed by atoms with Gasteiger partial charge in [-0.1, -0.05) is 13.8 Å². The molecule has 0 N–H and O–H groups in total. The standard InChI is InChI=1S/C24H35FN4O2/c1-17(2)22(30)28-11-7-19(8-12-28)27-13-9-24(10-14-27)16-29(23(31)26(3)4)21-6-5-18(25)15-20(21)24/h5-6,15,17,19H,7-14,16H2,1-4H3. The van der Waals surface area contributed by atoms with Gasteiger partial charge >= 0.3 is 6.03 Å². The van der Waals surface area contributed by atoms with Crippen molar-refractivity contribution in [2.75, 3.05) is 51.7 Å². The molecular weight excluding hydrogens is 395 g/mol. The average Bonchev–Trinajstić information content (AvgIpc) is 3.06. The number of carbonyl (C=O) groups is 2. The first-order valence-corrected chi connectivity index (χ1v) is 11.5. The molecule has 0 aromatic heterocycles. The van der Waals surface area contributed by atoms with Crippen LogP contribution in [0.1, 0.15) is 45.1 Å². The summed E-state index contributed by atoms with van der Waals surface area (Å²) in [5.41, 5.74) is 1.67. The van der Waals surface area contributed by atoms with Gasteiger partial charge in [0.1, 0.15) is 5.82 Å². The Hall–Kier alpha value is -2.15. The van der Waals surface area contributed by atoms with Crippen molar-refractivity contribution in [3.63, 3.8) is 0 Å². The maximum Gasteiger partial charge on any atom is 0.323 e. The van der Waals surface area contributed by atoms with Crippen LogP contribution in [0.3, 0.4) is 0 Å². The van der Waals surface area contributed by atoms with Crippen LogP contribution < -0.4 is 4.90 Å². The number of piperidine rings is 2. The molecule has 1 spiro atoms. The van der Waals surface area contributed by atoms with Crippen LogP contribution in [0.5, 0.6) is 0 Å². The first-order valence-electron chi connectivity index (χ1n) is 11.5. The van der Waals surface area contributed by atoms with Crippen LogP contribution in [0.15, 0.2) is 18.2 Å². The molecule has 2 saturated heterocycles. The number of rotatable bonds is 2. The van der Waals surface area contributed by atoms with Crippen molar-refractivity contribution in [3.8, 4) is 0 Å². The Kier molecular flexibility index (Phi) is 5.99. The van der Waals surface area contributed by atoms with Crippen molar-refractivity contribution in [3.05, 3.63) is 29.6 Å². The molecule has 0 unspecified atom stereocenters. The highest BCUT2D eigenvalue weighted by Crippen LogP contribution is 2.48. The van der Waals surface area contributed by atoms with Gasteiger partial charge in [0.15, 0.2) is 0 Å². The van der Waals surface area contributed by atoms with Gasteiger partial charge < -0.3 is 14.7 Å². The summed E-state index contributed by atoms with van der Waals surface area (Å²) in [7, 11) is 3.52. The lowest BCUT2D eigenvalue weighted by Crippen LogP contribution is -2.53. The molecule has 1 aromatic carbocycles. The highest BCUT2D eigenvalue weighted by atomic mass is 19.1. The van der Waals surface area contributed by atoms with E-state index in [-0.39, 0.29) is 29.1 Å². The van der Waals surface area contributed by atoms with Crippen LogP contribution in [-0.4, -0.2) is 79.5 Å². The summed E-state index contributed by atoms with van der Waals surface area (Å²) >= 11 is 0. The molecular formula is C24H35FN4O2. The van der Waals surface area contributed by atoms with Gasteiger partial charge in [0, 0.05) is 56.8 Å². The fourth-order valence-corrected chi connectivity index (χ4v) is 5.61. The van der Waals surface area contributed by atoms with Gasteiger partial charge in [0.2, 0.25) is 5.91 Å². The minimum atomic E-state index is -0.234. The maximum absolute atomic E-state index is 14.2. The number of likely N-dealkylation sites (tertiary alicyclic amines) is 2. The molecule has 0 radical (unpaired) electrons. The van der Waals surface area contributed by atoms with Crippen molar-refractivity contribution in [2.24, 2.45) is 5.92 Å². The summed E-state index contributed by atoms with van der Waals surface area (Å²) in [6.07, 6.45) is 3.88. The molecule has 3 aliphatic rings. The molecule has 6 nitrogen and oxygen atoms in total. The van der Waals surface area contributed by atoms with Gasteiger partial charge in [-0.05, 0) is 62.5 Å². The van der Waals surface area contributed by atoms with Crippen LogP contribution in [-0.2, 0) is 10.2 Å². The molecule has 3 heterocycles. The zero-order valence-electron chi connectivity index (χ0n) is 19.2. The van der Waals surface area contributed by atoms with Crippen LogP contribution in [0.25, 0.3) is 0 Å². The lowest BCUT2D eigenvalue weighted by Gasteiger charge is -2.45. The predicted octanol–water partition coefficient (Wildman–Crippen LogP) is 3.31. The Morgan fingerprint density at radius 3 is 2.32 bits per heavy atom. The predicted molar refractivity (Wildman–Crippen MR) is 120 cm³/mol. The molecule has 31 heavy (non-hydrogen) atoms. The Morgan fingerprint density at radius 1 is 1.10 bits per heavy atom. The number of halogens is 1. The second-order valence-electron chi connectivity index (χ2n) is 9.95. The minimum Gasteiger partial charge on any atom is -0.342 e. The third kappa shape index (κ3) is 4.04. The van der Waals surface area contributed by atoms with Crippen molar-refractivity contribution in [1.82, 2.24) is 14.7 Å². The Labute approximate surface area is 185 Å². The van der Waals surface area contributed by atoms with Gasteiger partial charge in [-0.25, -0.2) is 9.18 Å². The monoisotopic (exact) mass is 430 g/mol. The third-order valence-electron chi connectivity index (χ3n) is 7.44. The Balaban J connectivity index is 1.44. The first kappa shape index (κ1) is 22.1. The quantitative estimate of drug-likeness (QED) is 0.723. The lowest BCUT2D eigenvalue weighted by molar-refractivity contribution is -0.136. The van der Waals surface area contributed by atoms with Crippen molar-refractivity contribution in [1.29, 1.82) is 0 Å². The van der Waals surface area contributed by atoms with Gasteiger partial charge in [0.25, 0.3) is 0 Å². The van der Waals surface area contributed by atoms with Gasteiger partial charge in [-0.2, -0.15) is 0 Å². The molecule has 7 heteroatoms. The van der Waals surface area contributed by atoms with Crippen LogP contribution in [0.2, 0.25) is 0 Å². The van der Waals surface area contributed by atoms with E-state index in [9.17, 15) is 14.0 Å². The van der Waals surface area contributed by atoms with E-state index < -0.39 is 0 Å². The van der Waals surface area contributed by atoms with E-state index >= 15 is 0 Å². The number of urea groups is 1. The number of fused-ring (bicyclic) bond motifs is 2. The maximum atomic E-state index is 14.2. The molecule has 0 atom stereocenters. The summed E-state index contributed by atoms with van der Waals surface area (Å²) in [5.74, 6) is 0.0789. The number of anilines is 1. The van der Waals surface area contributed by atoms with E-state index in [2.05, 4.69) is 4.90 Å². The number of hydrogen-bond acceptors (Lipinski definition) is 3. The lowest BCUT2D eigenvalue weighted by atomic mass is 9.74. The fraction of sp³-hybridized carbons (Fsp3) is 0.667. The second kappa shape index (κ2) is 8.41. The first-order chi connectivity index (χ1) is 14.7. The molecule has 0 aliphatic carbocycles.